The fourth-order valence-electron chi connectivity index (χ4n) is 1.32. The van der Waals surface area contributed by atoms with Gasteiger partial charge in [-0.3, -0.25) is 9.69 Å². The van der Waals surface area contributed by atoms with Crippen LogP contribution in [0.25, 0.3) is 0 Å². The minimum atomic E-state index is -0.223. The Morgan fingerprint density at radius 3 is 2.55 bits per heavy atom. The van der Waals surface area contributed by atoms with Gasteiger partial charge in [0.25, 0.3) is 0 Å². The summed E-state index contributed by atoms with van der Waals surface area (Å²) < 4.78 is 0. The molecule has 1 fully saturated rings. The maximum absolute atomic E-state index is 10.9. The highest BCUT2D eigenvalue weighted by Gasteiger charge is 2.25. The quantitative estimate of drug-likeness (QED) is 0.515. The third kappa shape index (κ3) is 1.91. The van der Waals surface area contributed by atoms with Gasteiger partial charge in [-0.05, 0) is 14.1 Å². The number of rotatable bonds is 1. The van der Waals surface area contributed by atoms with Crippen LogP contribution in [0.1, 0.15) is 0 Å². The van der Waals surface area contributed by atoms with Gasteiger partial charge in [0.15, 0.2) is 0 Å². The molecule has 0 aromatic heterocycles. The second-order valence-corrected chi connectivity index (χ2v) is 3.16. The first-order chi connectivity index (χ1) is 5.11. The third-order valence-corrected chi connectivity index (χ3v) is 2.18. The molecule has 1 unspecified atom stereocenters. The molecule has 64 valence electrons. The van der Waals surface area contributed by atoms with Crippen molar-refractivity contribution in [1.82, 2.24) is 9.80 Å². The fourth-order valence-corrected chi connectivity index (χ4v) is 1.32. The monoisotopic (exact) mass is 157 g/mol. The van der Waals surface area contributed by atoms with Gasteiger partial charge in [0.05, 0.1) is 0 Å². The van der Waals surface area contributed by atoms with Crippen LogP contribution in [0.2, 0.25) is 0 Å². The van der Waals surface area contributed by atoms with Crippen molar-refractivity contribution < 1.29 is 4.79 Å². The van der Waals surface area contributed by atoms with Gasteiger partial charge < -0.3 is 10.6 Å². The Morgan fingerprint density at radius 2 is 2.09 bits per heavy atom. The minimum absolute atomic E-state index is 0.103. The SMILES string of the molecule is CN1CCN(C)C(C(N)=O)C1. The molecule has 4 nitrogen and oxygen atoms in total. The Balaban J connectivity index is 2.54. The van der Waals surface area contributed by atoms with E-state index in [0.29, 0.717) is 0 Å². The van der Waals surface area contributed by atoms with Gasteiger partial charge in [0.1, 0.15) is 6.04 Å². The topological polar surface area (TPSA) is 49.6 Å². The maximum Gasteiger partial charge on any atom is 0.236 e. The van der Waals surface area contributed by atoms with Gasteiger partial charge in [0.2, 0.25) is 5.91 Å². The highest BCUT2D eigenvalue weighted by Crippen LogP contribution is 2.04. The summed E-state index contributed by atoms with van der Waals surface area (Å²) in [6, 6.07) is -0.103. The summed E-state index contributed by atoms with van der Waals surface area (Å²) in [4.78, 5) is 15.0. The molecular weight excluding hydrogens is 142 g/mol. The van der Waals surface area contributed by atoms with Crippen molar-refractivity contribution in [3.8, 4) is 0 Å². The first-order valence-corrected chi connectivity index (χ1v) is 3.79. The van der Waals surface area contributed by atoms with E-state index in [-0.39, 0.29) is 11.9 Å². The van der Waals surface area contributed by atoms with E-state index in [1.54, 1.807) is 0 Å². The van der Waals surface area contributed by atoms with Crippen molar-refractivity contribution in [3.05, 3.63) is 0 Å². The summed E-state index contributed by atoms with van der Waals surface area (Å²) in [5.74, 6) is -0.223. The summed E-state index contributed by atoms with van der Waals surface area (Å²) in [7, 11) is 3.94. The van der Waals surface area contributed by atoms with E-state index in [0.717, 1.165) is 19.6 Å². The van der Waals surface area contributed by atoms with Gasteiger partial charge >= 0.3 is 0 Å². The minimum Gasteiger partial charge on any atom is -0.368 e. The van der Waals surface area contributed by atoms with E-state index in [2.05, 4.69) is 4.90 Å². The van der Waals surface area contributed by atoms with E-state index >= 15 is 0 Å². The van der Waals surface area contributed by atoms with Crippen LogP contribution < -0.4 is 5.73 Å². The number of likely N-dealkylation sites (N-methyl/N-ethyl adjacent to an activating group) is 2. The molecule has 1 aliphatic heterocycles. The lowest BCUT2D eigenvalue weighted by molar-refractivity contribution is -0.124. The smallest absolute Gasteiger partial charge is 0.236 e. The lowest BCUT2D eigenvalue weighted by atomic mass is 10.2. The lowest BCUT2D eigenvalue weighted by Crippen LogP contribution is -2.55. The number of nitrogens with two attached hydrogens (primary N) is 1. The molecule has 0 spiro atoms. The molecule has 1 rings (SSSR count). The number of primary amides is 1. The second kappa shape index (κ2) is 3.19. The van der Waals surface area contributed by atoms with Crippen LogP contribution in [-0.4, -0.2) is 55.5 Å². The molecule has 1 heterocycles. The first-order valence-electron chi connectivity index (χ1n) is 3.79. The van der Waals surface area contributed by atoms with Crippen molar-refractivity contribution in [2.24, 2.45) is 5.73 Å². The Bertz CT molecular complexity index is 160. The predicted molar refractivity (Wildman–Crippen MR) is 43.1 cm³/mol. The highest BCUT2D eigenvalue weighted by molar-refractivity contribution is 5.80. The van der Waals surface area contributed by atoms with Crippen molar-refractivity contribution >= 4 is 5.91 Å². The summed E-state index contributed by atoms with van der Waals surface area (Å²) >= 11 is 0. The van der Waals surface area contributed by atoms with Gasteiger partial charge in [-0.1, -0.05) is 0 Å². The largest absolute Gasteiger partial charge is 0.368 e. The molecule has 0 saturated carbocycles. The molecule has 0 aliphatic carbocycles. The molecule has 2 N–H and O–H groups in total. The van der Waals surface area contributed by atoms with Crippen LogP contribution in [0.5, 0.6) is 0 Å². The van der Waals surface area contributed by atoms with E-state index < -0.39 is 0 Å². The van der Waals surface area contributed by atoms with E-state index in [1.165, 1.54) is 0 Å². The zero-order valence-corrected chi connectivity index (χ0v) is 7.08. The number of carbonyl (C=O) groups is 1. The fraction of sp³-hybridized carbons (Fsp3) is 0.857. The average Bonchev–Trinajstić information content (AvgIpc) is 1.94. The lowest BCUT2D eigenvalue weighted by Gasteiger charge is -2.35. The average molecular weight is 157 g/mol. The number of piperazine rings is 1. The molecule has 1 amide bonds. The van der Waals surface area contributed by atoms with Crippen molar-refractivity contribution in [2.75, 3.05) is 33.7 Å². The van der Waals surface area contributed by atoms with Gasteiger partial charge in [-0.15, -0.1) is 0 Å². The zero-order valence-electron chi connectivity index (χ0n) is 7.08. The molecule has 11 heavy (non-hydrogen) atoms. The molecule has 0 bridgehead atoms. The van der Waals surface area contributed by atoms with Gasteiger partial charge in [-0.2, -0.15) is 0 Å². The van der Waals surface area contributed by atoms with Crippen LogP contribution in [0.15, 0.2) is 0 Å². The summed E-state index contributed by atoms with van der Waals surface area (Å²) in [6.45, 7) is 2.69. The second-order valence-electron chi connectivity index (χ2n) is 3.16. The van der Waals surface area contributed by atoms with E-state index in [4.69, 9.17) is 5.73 Å². The van der Waals surface area contributed by atoms with Gasteiger partial charge in [0, 0.05) is 19.6 Å². The Morgan fingerprint density at radius 1 is 1.45 bits per heavy atom. The van der Waals surface area contributed by atoms with Crippen molar-refractivity contribution in [2.45, 2.75) is 6.04 Å². The number of hydrogen-bond donors (Lipinski definition) is 1. The molecule has 0 radical (unpaired) electrons. The normalized spacial score (nSPS) is 28.7. The maximum atomic E-state index is 10.9. The zero-order chi connectivity index (χ0) is 8.43. The number of hydrogen-bond acceptors (Lipinski definition) is 3. The van der Waals surface area contributed by atoms with Crippen LogP contribution >= 0.6 is 0 Å². The van der Waals surface area contributed by atoms with Crippen LogP contribution in [-0.2, 0) is 4.79 Å². The van der Waals surface area contributed by atoms with E-state index in [9.17, 15) is 4.79 Å². The van der Waals surface area contributed by atoms with Crippen LogP contribution in [0.4, 0.5) is 0 Å². The Kier molecular flexibility index (Phi) is 2.46. The van der Waals surface area contributed by atoms with Crippen molar-refractivity contribution in [3.63, 3.8) is 0 Å². The summed E-state index contributed by atoms with van der Waals surface area (Å²) in [5.41, 5.74) is 5.21. The molecule has 0 aromatic carbocycles. The molecule has 1 saturated heterocycles. The first kappa shape index (κ1) is 8.49. The van der Waals surface area contributed by atoms with Gasteiger partial charge in [-0.25, -0.2) is 0 Å². The molecule has 1 atom stereocenters. The summed E-state index contributed by atoms with van der Waals surface area (Å²) in [5, 5.41) is 0. The number of amides is 1. The van der Waals surface area contributed by atoms with Crippen LogP contribution in [0.3, 0.4) is 0 Å². The molecule has 0 aromatic rings. The molecule has 1 aliphatic rings. The highest BCUT2D eigenvalue weighted by atomic mass is 16.1. The third-order valence-electron chi connectivity index (χ3n) is 2.18. The van der Waals surface area contributed by atoms with Crippen molar-refractivity contribution in [1.29, 1.82) is 0 Å². The molecule has 4 heteroatoms. The number of nitrogens with zero attached hydrogens (tertiary/aromatic N) is 2. The Hall–Kier alpha value is -0.610. The predicted octanol–water partition coefficient (Wildman–Crippen LogP) is -1.28. The van der Waals surface area contributed by atoms with E-state index in [1.807, 2.05) is 19.0 Å². The summed E-state index contributed by atoms with van der Waals surface area (Å²) in [6.07, 6.45) is 0. The standard InChI is InChI=1S/C7H15N3O/c1-9-3-4-10(2)6(5-9)7(8)11/h6H,3-5H2,1-2H3,(H2,8,11). The number of carbonyl (C=O) groups excluding carboxylic acids is 1. The van der Waals surface area contributed by atoms with Crippen LogP contribution in [0, 0.1) is 0 Å². The molecular formula is C7H15N3O. The Labute approximate surface area is 66.9 Å².